The van der Waals surface area contributed by atoms with E-state index in [1.807, 2.05) is 29.3 Å². The number of carbonyl (C=O) groups excluding carboxylic acids is 1. The van der Waals surface area contributed by atoms with Gasteiger partial charge in [-0.25, -0.2) is 14.5 Å². The van der Waals surface area contributed by atoms with Gasteiger partial charge in [0, 0.05) is 50.6 Å². The number of hydrogen-bond donors (Lipinski definition) is 0. The molecular weight excluding hydrogens is 368 g/mol. The molecule has 0 saturated carbocycles. The van der Waals surface area contributed by atoms with Crippen molar-refractivity contribution >= 4 is 17.4 Å². The number of aromatic nitrogens is 4. The molecular formula is C21H26N6O2. The summed E-state index contributed by atoms with van der Waals surface area (Å²) in [6.07, 6.45) is 6.01. The van der Waals surface area contributed by atoms with E-state index in [9.17, 15) is 4.79 Å². The van der Waals surface area contributed by atoms with Crippen LogP contribution in [0.15, 0.2) is 36.8 Å². The molecule has 3 aromatic rings. The average Bonchev–Trinajstić information content (AvgIpc) is 3.16. The van der Waals surface area contributed by atoms with E-state index in [0.717, 1.165) is 48.8 Å². The van der Waals surface area contributed by atoms with Gasteiger partial charge in [-0.2, -0.15) is 5.10 Å². The molecule has 1 amide bonds. The Hall–Kier alpha value is -3.16. The Bertz CT molecular complexity index is 1010. The van der Waals surface area contributed by atoms with Crippen LogP contribution < -0.4 is 9.64 Å². The summed E-state index contributed by atoms with van der Waals surface area (Å²) in [5.74, 6) is 2.06. The van der Waals surface area contributed by atoms with Crippen LogP contribution in [0.25, 0.3) is 16.8 Å². The van der Waals surface area contributed by atoms with E-state index in [4.69, 9.17) is 9.72 Å². The molecule has 4 rings (SSSR count). The van der Waals surface area contributed by atoms with E-state index >= 15 is 0 Å². The van der Waals surface area contributed by atoms with E-state index in [0.29, 0.717) is 18.2 Å². The highest BCUT2D eigenvalue weighted by Gasteiger charge is 2.23. The monoisotopic (exact) mass is 394 g/mol. The maximum atomic E-state index is 12.3. The van der Waals surface area contributed by atoms with Crippen LogP contribution in [0.2, 0.25) is 0 Å². The van der Waals surface area contributed by atoms with E-state index in [-0.39, 0.29) is 5.91 Å². The topological polar surface area (TPSA) is 75.9 Å². The smallest absolute Gasteiger partial charge is 0.222 e. The molecule has 29 heavy (non-hydrogen) atoms. The number of carbonyl (C=O) groups is 1. The molecule has 1 saturated heterocycles. The molecule has 4 heterocycles. The second-order valence-electron chi connectivity index (χ2n) is 7.64. The summed E-state index contributed by atoms with van der Waals surface area (Å²) >= 11 is 0. The number of rotatable bonds is 5. The quantitative estimate of drug-likeness (QED) is 0.662. The van der Waals surface area contributed by atoms with Gasteiger partial charge in [0.1, 0.15) is 5.82 Å². The Morgan fingerprint density at radius 1 is 1.17 bits per heavy atom. The molecule has 0 atom stereocenters. The third kappa shape index (κ3) is 3.87. The van der Waals surface area contributed by atoms with Crippen LogP contribution in [0.4, 0.5) is 5.82 Å². The second-order valence-corrected chi connectivity index (χ2v) is 7.64. The summed E-state index contributed by atoms with van der Waals surface area (Å²) < 4.78 is 7.16. The van der Waals surface area contributed by atoms with Crippen molar-refractivity contribution < 1.29 is 9.53 Å². The molecule has 0 spiro atoms. The van der Waals surface area contributed by atoms with Gasteiger partial charge in [-0.1, -0.05) is 13.8 Å². The number of amides is 1. The van der Waals surface area contributed by atoms with Crippen LogP contribution in [0.3, 0.4) is 0 Å². The number of anilines is 1. The lowest BCUT2D eigenvalue weighted by molar-refractivity contribution is -0.132. The van der Waals surface area contributed by atoms with Gasteiger partial charge in [0.15, 0.2) is 5.65 Å². The van der Waals surface area contributed by atoms with Crippen LogP contribution in [0.5, 0.6) is 5.88 Å². The van der Waals surface area contributed by atoms with Crippen molar-refractivity contribution in [2.24, 2.45) is 5.92 Å². The SMILES string of the molecule is COc1ncccc1-c1cnn2ccc(N3CCN(C(=O)CC(C)C)CC3)nc12. The molecule has 1 fully saturated rings. The van der Waals surface area contributed by atoms with Crippen LogP contribution in [0.1, 0.15) is 20.3 Å². The van der Waals surface area contributed by atoms with E-state index in [1.165, 1.54) is 0 Å². The summed E-state index contributed by atoms with van der Waals surface area (Å²) in [5.41, 5.74) is 2.49. The Labute approximate surface area is 170 Å². The number of fused-ring (bicyclic) bond motifs is 1. The maximum absolute atomic E-state index is 12.3. The molecule has 0 radical (unpaired) electrons. The highest BCUT2D eigenvalue weighted by molar-refractivity contribution is 5.80. The van der Waals surface area contributed by atoms with Gasteiger partial charge < -0.3 is 14.5 Å². The number of pyridine rings is 1. The number of piperazine rings is 1. The summed E-state index contributed by atoms with van der Waals surface area (Å²) in [7, 11) is 1.61. The van der Waals surface area contributed by atoms with Crippen LogP contribution in [-0.4, -0.2) is 63.7 Å². The molecule has 8 nitrogen and oxygen atoms in total. The fourth-order valence-electron chi connectivity index (χ4n) is 3.65. The standard InChI is InChI=1S/C21H26N6O2/c1-15(2)13-19(28)26-11-9-25(10-12-26)18-6-8-27-20(24-18)17(14-23-27)16-5-4-7-22-21(16)29-3/h4-8,14-15H,9-13H2,1-3H3. The third-order valence-electron chi connectivity index (χ3n) is 5.15. The molecule has 0 bridgehead atoms. The van der Waals surface area contributed by atoms with Gasteiger partial charge in [-0.15, -0.1) is 0 Å². The first kappa shape index (κ1) is 19.2. The second kappa shape index (κ2) is 8.06. The zero-order chi connectivity index (χ0) is 20.4. The molecule has 1 aliphatic rings. The van der Waals surface area contributed by atoms with Crippen molar-refractivity contribution in [2.45, 2.75) is 20.3 Å². The highest BCUT2D eigenvalue weighted by atomic mass is 16.5. The van der Waals surface area contributed by atoms with Crippen molar-refractivity contribution in [3.05, 3.63) is 36.8 Å². The molecule has 1 aliphatic heterocycles. The van der Waals surface area contributed by atoms with E-state index < -0.39 is 0 Å². The Balaban J connectivity index is 1.56. The zero-order valence-corrected chi connectivity index (χ0v) is 17.1. The predicted octanol–water partition coefficient (Wildman–Crippen LogP) is 2.49. The minimum absolute atomic E-state index is 0.241. The third-order valence-corrected chi connectivity index (χ3v) is 5.15. The van der Waals surface area contributed by atoms with Gasteiger partial charge in [0.2, 0.25) is 11.8 Å². The molecule has 152 valence electrons. The summed E-state index contributed by atoms with van der Waals surface area (Å²) in [5, 5.41) is 4.42. The lowest BCUT2D eigenvalue weighted by Crippen LogP contribution is -2.49. The maximum Gasteiger partial charge on any atom is 0.222 e. The van der Waals surface area contributed by atoms with Crippen molar-refractivity contribution in [1.29, 1.82) is 0 Å². The van der Waals surface area contributed by atoms with Crippen molar-refractivity contribution in [2.75, 3.05) is 38.2 Å². The van der Waals surface area contributed by atoms with Gasteiger partial charge in [-0.05, 0) is 24.1 Å². The summed E-state index contributed by atoms with van der Waals surface area (Å²) in [4.78, 5) is 25.6. The van der Waals surface area contributed by atoms with Gasteiger partial charge >= 0.3 is 0 Å². The first-order valence-electron chi connectivity index (χ1n) is 9.93. The first-order valence-corrected chi connectivity index (χ1v) is 9.93. The van der Waals surface area contributed by atoms with Gasteiger partial charge in [0.05, 0.1) is 18.9 Å². The Morgan fingerprint density at radius 2 is 1.97 bits per heavy atom. The lowest BCUT2D eigenvalue weighted by Gasteiger charge is -2.35. The molecule has 8 heteroatoms. The number of ether oxygens (including phenoxy) is 1. The number of methoxy groups -OCH3 is 1. The minimum atomic E-state index is 0.241. The Morgan fingerprint density at radius 3 is 2.69 bits per heavy atom. The fraction of sp³-hybridized carbons (Fsp3) is 0.429. The molecule has 0 aromatic carbocycles. The number of hydrogen-bond acceptors (Lipinski definition) is 6. The predicted molar refractivity (Wildman–Crippen MR) is 111 cm³/mol. The van der Waals surface area contributed by atoms with Crippen molar-refractivity contribution in [3.8, 4) is 17.0 Å². The summed E-state index contributed by atoms with van der Waals surface area (Å²) in [6, 6.07) is 5.80. The highest BCUT2D eigenvalue weighted by Crippen LogP contribution is 2.31. The fourth-order valence-corrected chi connectivity index (χ4v) is 3.65. The first-order chi connectivity index (χ1) is 14.1. The van der Waals surface area contributed by atoms with E-state index in [1.54, 1.807) is 24.0 Å². The van der Waals surface area contributed by atoms with Crippen molar-refractivity contribution in [3.63, 3.8) is 0 Å². The van der Waals surface area contributed by atoms with Crippen LogP contribution >= 0.6 is 0 Å². The van der Waals surface area contributed by atoms with Gasteiger partial charge in [-0.3, -0.25) is 4.79 Å². The van der Waals surface area contributed by atoms with Crippen LogP contribution in [0, 0.1) is 5.92 Å². The average molecular weight is 394 g/mol. The lowest BCUT2D eigenvalue weighted by atomic mass is 10.1. The number of nitrogens with zero attached hydrogens (tertiary/aromatic N) is 6. The normalized spacial score (nSPS) is 14.6. The molecule has 0 aliphatic carbocycles. The molecule has 3 aromatic heterocycles. The largest absolute Gasteiger partial charge is 0.481 e. The minimum Gasteiger partial charge on any atom is -0.481 e. The summed E-state index contributed by atoms with van der Waals surface area (Å²) in [6.45, 7) is 7.14. The zero-order valence-electron chi connectivity index (χ0n) is 17.1. The molecule has 0 unspecified atom stereocenters. The van der Waals surface area contributed by atoms with Crippen molar-refractivity contribution in [1.82, 2.24) is 24.5 Å². The van der Waals surface area contributed by atoms with Crippen LogP contribution in [-0.2, 0) is 4.79 Å². The molecule has 0 N–H and O–H groups in total. The van der Waals surface area contributed by atoms with Gasteiger partial charge in [0.25, 0.3) is 0 Å². The Kier molecular flexibility index (Phi) is 5.33. The van der Waals surface area contributed by atoms with E-state index in [2.05, 4.69) is 28.8 Å².